The Kier molecular flexibility index (Phi) is 4.74. The molecule has 0 bridgehead atoms. The van der Waals surface area contributed by atoms with Gasteiger partial charge in [-0.15, -0.1) is 0 Å². The quantitative estimate of drug-likeness (QED) is 0.775. The Balaban J connectivity index is 2.78. The summed E-state index contributed by atoms with van der Waals surface area (Å²) in [7, 11) is 0. The first-order chi connectivity index (χ1) is 10.7. The van der Waals surface area contributed by atoms with Crippen molar-refractivity contribution in [3.8, 4) is 0 Å². The maximum Gasteiger partial charge on any atom is 0.0343 e. The minimum atomic E-state index is -0.0586. The van der Waals surface area contributed by atoms with E-state index in [0.29, 0.717) is 11.8 Å². The molecule has 124 valence electrons. The summed E-state index contributed by atoms with van der Waals surface area (Å²) in [5, 5.41) is 0. The van der Waals surface area contributed by atoms with Gasteiger partial charge in [0.25, 0.3) is 0 Å². The van der Waals surface area contributed by atoms with Gasteiger partial charge in [-0.25, -0.2) is 0 Å². The molecule has 23 heavy (non-hydrogen) atoms. The first kappa shape index (κ1) is 17.4. The van der Waals surface area contributed by atoms with Crippen molar-refractivity contribution in [3.05, 3.63) is 58.7 Å². The molecule has 0 unspecified atom stereocenters. The molecule has 2 rings (SSSR count). The fourth-order valence-electron chi connectivity index (χ4n) is 4.03. The highest BCUT2D eigenvalue weighted by Gasteiger charge is 2.40. The fourth-order valence-corrected chi connectivity index (χ4v) is 4.03. The van der Waals surface area contributed by atoms with Gasteiger partial charge in [-0.2, -0.15) is 0 Å². The van der Waals surface area contributed by atoms with E-state index in [2.05, 4.69) is 65.8 Å². The average Bonchev–Trinajstić information content (AvgIpc) is 2.46. The molecule has 0 saturated heterocycles. The first-order valence-electron chi connectivity index (χ1n) is 8.44. The lowest BCUT2D eigenvalue weighted by Crippen LogP contribution is -2.39. The van der Waals surface area contributed by atoms with Crippen LogP contribution in [0.3, 0.4) is 0 Å². The highest BCUT2D eigenvalue weighted by Crippen LogP contribution is 2.46. The van der Waals surface area contributed by atoms with Crippen LogP contribution in [0.2, 0.25) is 0 Å². The van der Waals surface area contributed by atoms with Gasteiger partial charge in [-0.05, 0) is 60.1 Å². The molecule has 4 N–H and O–H groups in total. The number of anilines is 2. The molecule has 2 aromatic carbocycles. The molecule has 0 aliphatic carbocycles. The summed E-state index contributed by atoms with van der Waals surface area (Å²) < 4.78 is 0. The van der Waals surface area contributed by atoms with Gasteiger partial charge >= 0.3 is 0 Å². The van der Waals surface area contributed by atoms with Crippen LogP contribution in [0.15, 0.2) is 36.4 Å². The molecule has 0 saturated carbocycles. The van der Waals surface area contributed by atoms with Gasteiger partial charge in [-0.1, -0.05) is 52.0 Å². The zero-order valence-electron chi connectivity index (χ0n) is 15.3. The molecule has 0 aliphatic rings. The van der Waals surface area contributed by atoms with Crippen LogP contribution in [0.4, 0.5) is 11.4 Å². The largest absolute Gasteiger partial charge is 0.399 e. The summed E-state index contributed by atoms with van der Waals surface area (Å²) in [4.78, 5) is 0. The van der Waals surface area contributed by atoms with E-state index in [-0.39, 0.29) is 5.41 Å². The van der Waals surface area contributed by atoms with Gasteiger partial charge in [0, 0.05) is 16.8 Å². The van der Waals surface area contributed by atoms with E-state index in [4.69, 9.17) is 11.5 Å². The molecule has 0 aliphatic heterocycles. The van der Waals surface area contributed by atoms with Gasteiger partial charge < -0.3 is 11.5 Å². The topological polar surface area (TPSA) is 52.0 Å². The van der Waals surface area contributed by atoms with E-state index in [1.54, 1.807) is 0 Å². The van der Waals surface area contributed by atoms with Gasteiger partial charge in [0.1, 0.15) is 0 Å². The molecule has 0 radical (unpaired) electrons. The summed E-state index contributed by atoms with van der Waals surface area (Å²) >= 11 is 0. The monoisotopic (exact) mass is 310 g/mol. The zero-order valence-corrected chi connectivity index (χ0v) is 15.3. The number of nitrogens with two attached hydrogens (primary N) is 2. The van der Waals surface area contributed by atoms with Crippen molar-refractivity contribution in [1.82, 2.24) is 0 Å². The zero-order chi connectivity index (χ0) is 17.4. The van der Waals surface area contributed by atoms with Crippen molar-refractivity contribution in [1.29, 1.82) is 0 Å². The lowest BCUT2D eigenvalue weighted by atomic mass is 9.60. The van der Waals surface area contributed by atoms with E-state index in [1.807, 2.05) is 12.1 Å². The second-order valence-corrected chi connectivity index (χ2v) is 7.32. The molecule has 2 heteroatoms. The van der Waals surface area contributed by atoms with Crippen molar-refractivity contribution >= 4 is 11.4 Å². The second kappa shape index (κ2) is 6.27. The molecular formula is C21H30N2. The SMILES string of the molecule is Cc1cc(C(c2ccc(N)c(C)c2)(C(C)C)C(C)C)ccc1N. The van der Waals surface area contributed by atoms with E-state index in [1.165, 1.54) is 11.1 Å². The number of rotatable bonds is 4. The van der Waals surface area contributed by atoms with Crippen LogP contribution >= 0.6 is 0 Å². The molecule has 0 heterocycles. The smallest absolute Gasteiger partial charge is 0.0343 e. The molecule has 0 spiro atoms. The average molecular weight is 310 g/mol. The van der Waals surface area contributed by atoms with Gasteiger partial charge in [0.15, 0.2) is 0 Å². The van der Waals surface area contributed by atoms with Crippen molar-refractivity contribution < 1.29 is 0 Å². The minimum Gasteiger partial charge on any atom is -0.399 e. The number of hydrogen-bond acceptors (Lipinski definition) is 2. The number of aryl methyl sites for hydroxylation is 2. The van der Waals surface area contributed by atoms with E-state index >= 15 is 0 Å². The third kappa shape index (κ3) is 2.83. The number of nitrogen functional groups attached to an aromatic ring is 2. The number of hydrogen-bond donors (Lipinski definition) is 2. The van der Waals surface area contributed by atoms with E-state index in [9.17, 15) is 0 Å². The van der Waals surface area contributed by atoms with Crippen LogP contribution in [-0.2, 0) is 5.41 Å². The minimum absolute atomic E-state index is 0.0586. The lowest BCUT2D eigenvalue weighted by Gasteiger charge is -2.43. The summed E-state index contributed by atoms with van der Waals surface area (Å²) in [5.74, 6) is 0.905. The second-order valence-electron chi connectivity index (χ2n) is 7.32. The van der Waals surface area contributed by atoms with Gasteiger partial charge in [0.2, 0.25) is 0 Å². The number of benzene rings is 2. The van der Waals surface area contributed by atoms with Crippen LogP contribution < -0.4 is 11.5 Å². The normalized spacial score (nSPS) is 12.2. The third-order valence-corrected chi connectivity index (χ3v) is 5.32. The Hall–Kier alpha value is -1.96. The lowest BCUT2D eigenvalue weighted by molar-refractivity contribution is 0.273. The Morgan fingerprint density at radius 2 is 1.04 bits per heavy atom. The van der Waals surface area contributed by atoms with Crippen LogP contribution in [0.5, 0.6) is 0 Å². The van der Waals surface area contributed by atoms with E-state index in [0.717, 1.165) is 22.5 Å². The van der Waals surface area contributed by atoms with Crippen LogP contribution in [0.1, 0.15) is 49.9 Å². The third-order valence-electron chi connectivity index (χ3n) is 5.32. The summed E-state index contributed by atoms with van der Waals surface area (Å²) in [6, 6.07) is 13.0. The maximum absolute atomic E-state index is 6.05. The Bertz CT molecular complexity index is 637. The summed E-state index contributed by atoms with van der Waals surface area (Å²) in [6.07, 6.45) is 0. The van der Waals surface area contributed by atoms with Crippen molar-refractivity contribution in [2.24, 2.45) is 11.8 Å². The van der Waals surface area contributed by atoms with Crippen molar-refractivity contribution in [3.63, 3.8) is 0 Å². The standard InChI is InChI=1S/C21H30N2/c1-13(2)21(14(3)4,17-7-9-19(22)15(5)11-17)18-8-10-20(23)16(6)12-18/h7-14H,22-23H2,1-6H3. The molecule has 2 nitrogen and oxygen atoms in total. The molecule has 0 amide bonds. The predicted molar refractivity (Wildman–Crippen MR) is 102 cm³/mol. The summed E-state index contributed by atoms with van der Waals surface area (Å²) in [5.41, 5.74) is 18.7. The van der Waals surface area contributed by atoms with Crippen molar-refractivity contribution in [2.45, 2.75) is 47.0 Å². The highest BCUT2D eigenvalue weighted by atomic mass is 14.6. The summed E-state index contributed by atoms with van der Waals surface area (Å²) in [6.45, 7) is 13.4. The molecule has 0 fully saturated rings. The van der Waals surface area contributed by atoms with Crippen LogP contribution in [0.25, 0.3) is 0 Å². The Morgan fingerprint density at radius 3 is 1.30 bits per heavy atom. The maximum atomic E-state index is 6.05. The highest BCUT2D eigenvalue weighted by molar-refractivity contribution is 5.55. The molecule has 2 aromatic rings. The first-order valence-corrected chi connectivity index (χ1v) is 8.44. The van der Waals surface area contributed by atoms with Gasteiger partial charge in [-0.3, -0.25) is 0 Å². The molecular weight excluding hydrogens is 280 g/mol. The van der Waals surface area contributed by atoms with Crippen molar-refractivity contribution in [2.75, 3.05) is 11.5 Å². The predicted octanol–water partition coefficient (Wildman–Crippen LogP) is 5.07. The van der Waals surface area contributed by atoms with Crippen LogP contribution in [-0.4, -0.2) is 0 Å². The fraction of sp³-hybridized carbons (Fsp3) is 0.429. The molecule has 0 atom stereocenters. The van der Waals surface area contributed by atoms with E-state index < -0.39 is 0 Å². The molecule has 0 aromatic heterocycles. The van der Waals surface area contributed by atoms with Gasteiger partial charge in [0.05, 0.1) is 0 Å². The van der Waals surface area contributed by atoms with Crippen LogP contribution in [0, 0.1) is 25.7 Å². The Labute approximate surface area is 140 Å². The Morgan fingerprint density at radius 1 is 0.696 bits per heavy atom.